The summed E-state index contributed by atoms with van der Waals surface area (Å²) in [5.74, 6) is 3.36. The van der Waals surface area contributed by atoms with E-state index < -0.39 is 0 Å². The lowest BCUT2D eigenvalue weighted by atomic mass is 9.85. The highest BCUT2D eigenvalue weighted by Gasteiger charge is 2.24. The van der Waals surface area contributed by atoms with Gasteiger partial charge in [0.2, 0.25) is 0 Å². The molecule has 1 aliphatic rings. The van der Waals surface area contributed by atoms with Crippen molar-refractivity contribution in [1.82, 2.24) is 19.9 Å². The molecule has 10 aromatic rings. The molecule has 0 saturated heterocycles. The zero-order chi connectivity index (χ0) is 39.1. The van der Waals surface area contributed by atoms with Crippen LogP contribution in [0.3, 0.4) is 0 Å². The van der Waals surface area contributed by atoms with Crippen molar-refractivity contribution < 1.29 is 4.74 Å². The van der Waals surface area contributed by atoms with E-state index in [1.54, 1.807) is 6.20 Å². The summed E-state index contributed by atoms with van der Waals surface area (Å²) in [6, 6.07) is 67.4. The second-order valence-electron chi connectivity index (χ2n) is 14.6. The Morgan fingerprint density at radius 3 is 1.53 bits per heavy atom. The molecule has 11 rings (SSSR count). The summed E-state index contributed by atoms with van der Waals surface area (Å²) in [7, 11) is 0. The molecule has 0 atom stereocenters. The number of para-hydroxylation sites is 1. The summed E-state index contributed by atoms with van der Waals surface area (Å²) in [5.41, 5.74) is 13.4. The standard InChI is InChI=1S/C54H34N4O/c1-2-14-37(15-3-1)52-56-53(38-26-24-35(25-27-38)40-16-12-32-55-34-40)58-54(57-52)39-29-30-46-44-20-7-6-18-42(44)43-19-8-9-21-45(43)47-22-10-11-23-50(47)59-51-41-17-5-4-13-36(41)28-31-48(51)49(46)33-39/h1-34H. The second-order valence-corrected chi connectivity index (χ2v) is 14.6. The Labute approximate surface area is 342 Å². The number of fused-ring (bicyclic) bond motifs is 11. The van der Waals surface area contributed by atoms with Gasteiger partial charge < -0.3 is 4.74 Å². The molecule has 3 heterocycles. The van der Waals surface area contributed by atoms with Crippen LogP contribution in [0.2, 0.25) is 0 Å². The van der Waals surface area contributed by atoms with Crippen LogP contribution in [0.4, 0.5) is 0 Å². The van der Waals surface area contributed by atoms with E-state index in [4.69, 9.17) is 19.7 Å². The smallest absolute Gasteiger partial charge is 0.164 e. The van der Waals surface area contributed by atoms with Crippen molar-refractivity contribution >= 4 is 10.8 Å². The van der Waals surface area contributed by atoms with Crippen LogP contribution in [0.1, 0.15) is 0 Å². The molecule has 0 unspecified atom stereocenters. The summed E-state index contributed by atoms with van der Waals surface area (Å²) in [6.07, 6.45) is 3.66. The first kappa shape index (κ1) is 34.2. The van der Waals surface area contributed by atoms with Crippen molar-refractivity contribution in [3.63, 3.8) is 0 Å². The third kappa shape index (κ3) is 6.22. The lowest BCUT2D eigenvalue weighted by Crippen LogP contribution is -2.01. The quantitative estimate of drug-likeness (QED) is 0.179. The molecule has 276 valence electrons. The topological polar surface area (TPSA) is 60.8 Å². The van der Waals surface area contributed by atoms with Crippen LogP contribution in [0, 0.1) is 0 Å². The fourth-order valence-corrected chi connectivity index (χ4v) is 8.20. The minimum Gasteiger partial charge on any atom is -0.455 e. The number of aromatic nitrogens is 4. The number of hydrogen-bond donors (Lipinski definition) is 0. The van der Waals surface area contributed by atoms with Crippen LogP contribution >= 0.6 is 0 Å². The van der Waals surface area contributed by atoms with Gasteiger partial charge in [0.15, 0.2) is 17.5 Å². The molecular formula is C54H34N4O. The number of nitrogens with zero attached hydrogens (tertiary/aromatic N) is 4. The number of rotatable bonds is 4. The van der Waals surface area contributed by atoms with Crippen LogP contribution in [-0.4, -0.2) is 19.9 Å². The van der Waals surface area contributed by atoms with E-state index >= 15 is 0 Å². The van der Waals surface area contributed by atoms with Gasteiger partial charge in [-0.15, -0.1) is 0 Å². The van der Waals surface area contributed by atoms with Crippen molar-refractivity contribution in [2.24, 2.45) is 0 Å². The summed E-state index contributed by atoms with van der Waals surface area (Å²) in [4.78, 5) is 19.7. The van der Waals surface area contributed by atoms with Gasteiger partial charge in [0.25, 0.3) is 0 Å². The minimum absolute atomic E-state index is 0.578. The van der Waals surface area contributed by atoms with E-state index in [0.717, 1.165) is 94.6 Å². The molecule has 0 spiro atoms. The molecule has 0 fully saturated rings. The molecule has 8 aromatic carbocycles. The van der Waals surface area contributed by atoms with Crippen LogP contribution in [0.5, 0.6) is 11.5 Å². The van der Waals surface area contributed by atoms with E-state index in [2.05, 4.69) is 157 Å². The number of hydrogen-bond acceptors (Lipinski definition) is 5. The van der Waals surface area contributed by atoms with Crippen molar-refractivity contribution in [1.29, 1.82) is 0 Å². The highest BCUT2D eigenvalue weighted by molar-refractivity contribution is 6.03. The van der Waals surface area contributed by atoms with Crippen LogP contribution in [0.25, 0.3) is 101 Å². The molecule has 2 aromatic heterocycles. The van der Waals surface area contributed by atoms with Crippen LogP contribution < -0.4 is 4.74 Å². The van der Waals surface area contributed by atoms with E-state index in [-0.39, 0.29) is 0 Å². The zero-order valence-corrected chi connectivity index (χ0v) is 31.8. The number of benzene rings is 8. The summed E-state index contributed by atoms with van der Waals surface area (Å²) >= 11 is 0. The Hall–Kier alpha value is -8.02. The first-order valence-corrected chi connectivity index (χ1v) is 19.7. The number of pyridine rings is 1. The molecule has 1 aliphatic heterocycles. The van der Waals surface area contributed by atoms with Crippen LogP contribution in [0.15, 0.2) is 207 Å². The summed E-state index contributed by atoms with van der Waals surface area (Å²) in [6.45, 7) is 0. The SMILES string of the molecule is c1ccc(-c2nc(-c3ccc(-c4cccnc4)cc3)nc(-c3ccc4c(c3)-c3ccc5ccccc5c3Oc3ccccc3-c3ccccc3-c3ccccc3-4)n2)cc1. The molecule has 0 radical (unpaired) electrons. The molecular weight excluding hydrogens is 721 g/mol. The van der Waals surface area contributed by atoms with Crippen molar-refractivity contribution in [2.45, 2.75) is 0 Å². The fraction of sp³-hybridized carbons (Fsp3) is 0. The molecule has 5 nitrogen and oxygen atoms in total. The molecule has 5 heteroatoms. The summed E-state index contributed by atoms with van der Waals surface area (Å²) < 4.78 is 7.20. The van der Waals surface area contributed by atoms with Gasteiger partial charge in [-0.1, -0.05) is 170 Å². The fourth-order valence-electron chi connectivity index (χ4n) is 8.20. The molecule has 0 aliphatic carbocycles. The van der Waals surface area contributed by atoms with Crippen molar-refractivity contribution in [3.8, 4) is 101 Å². The van der Waals surface area contributed by atoms with Gasteiger partial charge >= 0.3 is 0 Å². The third-order valence-electron chi connectivity index (χ3n) is 11.1. The largest absolute Gasteiger partial charge is 0.455 e. The highest BCUT2D eigenvalue weighted by atomic mass is 16.5. The average molecular weight is 755 g/mol. The van der Waals surface area contributed by atoms with Gasteiger partial charge in [-0.3, -0.25) is 4.98 Å². The molecule has 0 bridgehead atoms. The Kier molecular flexibility index (Phi) is 8.41. The Morgan fingerprint density at radius 1 is 0.322 bits per heavy atom. The maximum atomic E-state index is 7.20. The monoisotopic (exact) mass is 754 g/mol. The van der Waals surface area contributed by atoms with Gasteiger partial charge in [-0.2, -0.15) is 0 Å². The van der Waals surface area contributed by atoms with Gasteiger partial charge in [-0.25, -0.2) is 15.0 Å². The van der Waals surface area contributed by atoms with E-state index in [0.29, 0.717) is 17.5 Å². The predicted molar refractivity (Wildman–Crippen MR) is 239 cm³/mol. The van der Waals surface area contributed by atoms with E-state index in [9.17, 15) is 0 Å². The Balaban J connectivity index is 1.17. The third-order valence-corrected chi connectivity index (χ3v) is 11.1. The van der Waals surface area contributed by atoms with Gasteiger partial charge in [0.05, 0.1) is 0 Å². The zero-order valence-electron chi connectivity index (χ0n) is 31.8. The summed E-state index contributed by atoms with van der Waals surface area (Å²) in [5, 5.41) is 2.13. The van der Waals surface area contributed by atoms with Gasteiger partial charge in [0, 0.05) is 45.6 Å². The lowest BCUT2D eigenvalue weighted by molar-refractivity contribution is 0.492. The number of ether oxygens (including phenoxy) is 1. The first-order chi connectivity index (χ1) is 29.2. The Morgan fingerprint density at radius 2 is 0.831 bits per heavy atom. The highest BCUT2D eigenvalue weighted by Crippen LogP contribution is 2.50. The van der Waals surface area contributed by atoms with Crippen molar-refractivity contribution in [3.05, 3.63) is 207 Å². The normalized spacial score (nSPS) is 11.5. The average Bonchev–Trinajstić information content (AvgIpc) is 3.33. The van der Waals surface area contributed by atoms with E-state index in [1.165, 1.54) is 0 Å². The maximum Gasteiger partial charge on any atom is 0.164 e. The lowest BCUT2D eigenvalue weighted by Gasteiger charge is -2.19. The Bertz CT molecular complexity index is 3180. The molecule has 59 heavy (non-hydrogen) atoms. The molecule has 0 amide bonds. The molecule has 0 saturated carbocycles. The minimum atomic E-state index is 0.578. The van der Waals surface area contributed by atoms with Gasteiger partial charge in [0.1, 0.15) is 11.5 Å². The van der Waals surface area contributed by atoms with Crippen LogP contribution in [-0.2, 0) is 0 Å². The first-order valence-electron chi connectivity index (χ1n) is 19.7. The molecule has 0 N–H and O–H groups in total. The van der Waals surface area contributed by atoms with Crippen molar-refractivity contribution in [2.75, 3.05) is 0 Å². The second kappa shape index (κ2) is 14.5. The van der Waals surface area contributed by atoms with Gasteiger partial charge in [-0.05, 0) is 74.2 Å². The maximum absolute atomic E-state index is 7.20. The van der Waals surface area contributed by atoms with E-state index in [1.807, 2.05) is 48.7 Å². The predicted octanol–water partition coefficient (Wildman–Crippen LogP) is 13.9.